The Morgan fingerprint density at radius 2 is 1.25 bits per heavy atom. The van der Waals surface area contributed by atoms with E-state index in [-0.39, 0.29) is 42.8 Å². The van der Waals surface area contributed by atoms with Crippen molar-refractivity contribution in [1.82, 2.24) is 0 Å². The van der Waals surface area contributed by atoms with Crippen LogP contribution in [0.5, 0.6) is 0 Å². The molecule has 0 spiro atoms. The van der Waals surface area contributed by atoms with Crippen molar-refractivity contribution >= 4 is 51.6 Å². The Hall–Kier alpha value is -0.150. The number of carbonyl (C=O) groups is 2. The average molecular weight is 433 g/mol. The van der Waals surface area contributed by atoms with E-state index in [4.69, 9.17) is 9.47 Å². The summed E-state index contributed by atoms with van der Waals surface area (Å²) in [5, 5.41) is 0. The first-order chi connectivity index (χ1) is 12.7. The van der Waals surface area contributed by atoms with Crippen LogP contribution in [-0.4, -0.2) is 72.4 Å². The van der Waals surface area contributed by atoms with Crippen LogP contribution in [0, 0.1) is 0 Å². The standard InChI is InChI=1S/C19H36O7S.Na.H/c1-4-6-8-10-12-14-25-17(20)16-19(3,27(22,23)24)18(21)26-15-13-11-9-7-5-2;;/h4-16H2,1-3H3,(H,22,23,24);;. The second-order valence-electron chi connectivity index (χ2n) is 7.07. The van der Waals surface area contributed by atoms with Crippen molar-refractivity contribution in [3.8, 4) is 0 Å². The van der Waals surface area contributed by atoms with E-state index < -0.39 is 33.2 Å². The van der Waals surface area contributed by atoms with Crippen LogP contribution < -0.4 is 0 Å². The molecule has 0 fully saturated rings. The zero-order valence-corrected chi connectivity index (χ0v) is 17.8. The van der Waals surface area contributed by atoms with E-state index in [9.17, 15) is 22.6 Å². The van der Waals surface area contributed by atoms with Crippen molar-refractivity contribution in [2.75, 3.05) is 13.2 Å². The minimum absolute atomic E-state index is 0. The molecule has 0 aliphatic carbocycles. The van der Waals surface area contributed by atoms with Crippen LogP contribution >= 0.6 is 0 Å². The number of unbranched alkanes of at least 4 members (excludes halogenated alkanes) is 8. The van der Waals surface area contributed by atoms with Crippen LogP contribution in [0.4, 0.5) is 0 Å². The topological polar surface area (TPSA) is 107 Å². The Bertz CT molecular complexity index is 536. The Morgan fingerprint density at radius 3 is 1.68 bits per heavy atom. The van der Waals surface area contributed by atoms with E-state index in [0.717, 1.165) is 58.3 Å². The molecule has 0 aromatic rings. The van der Waals surface area contributed by atoms with Gasteiger partial charge in [0.05, 0.1) is 19.6 Å². The number of hydrogen-bond donors (Lipinski definition) is 1. The molecule has 0 bridgehead atoms. The first-order valence-corrected chi connectivity index (χ1v) is 11.4. The second kappa shape index (κ2) is 16.6. The van der Waals surface area contributed by atoms with Gasteiger partial charge in [0.15, 0.2) is 0 Å². The van der Waals surface area contributed by atoms with Crippen LogP contribution in [-0.2, 0) is 29.2 Å². The van der Waals surface area contributed by atoms with Crippen molar-refractivity contribution < 1.29 is 32.0 Å². The molecule has 1 atom stereocenters. The summed E-state index contributed by atoms with van der Waals surface area (Å²) in [5.41, 5.74) is 0. The average Bonchev–Trinajstić information content (AvgIpc) is 2.59. The third-order valence-electron chi connectivity index (χ3n) is 4.47. The Balaban J connectivity index is 0. The molecule has 162 valence electrons. The molecule has 0 radical (unpaired) electrons. The fraction of sp³-hybridized carbons (Fsp3) is 0.895. The molecule has 1 unspecified atom stereocenters. The second-order valence-corrected chi connectivity index (χ2v) is 8.92. The third kappa shape index (κ3) is 12.4. The van der Waals surface area contributed by atoms with Crippen LogP contribution in [0.15, 0.2) is 0 Å². The monoisotopic (exact) mass is 432 g/mol. The molecule has 0 amide bonds. The predicted molar refractivity (Wildman–Crippen MR) is 111 cm³/mol. The Morgan fingerprint density at radius 1 is 0.821 bits per heavy atom. The molecular weight excluding hydrogens is 395 g/mol. The zero-order chi connectivity index (χ0) is 20.8. The quantitative estimate of drug-likeness (QED) is 0.172. The van der Waals surface area contributed by atoms with Gasteiger partial charge in [0.2, 0.25) is 4.75 Å². The first kappa shape index (κ1) is 30.0. The van der Waals surface area contributed by atoms with Crippen molar-refractivity contribution in [3.63, 3.8) is 0 Å². The Kier molecular flexibility index (Phi) is 17.8. The van der Waals surface area contributed by atoms with Crippen molar-refractivity contribution in [3.05, 3.63) is 0 Å². The third-order valence-corrected chi connectivity index (χ3v) is 5.92. The van der Waals surface area contributed by atoms with Crippen molar-refractivity contribution in [2.45, 2.75) is 96.1 Å². The van der Waals surface area contributed by atoms with Gasteiger partial charge in [0.25, 0.3) is 10.1 Å². The molecule has 0 aromatic heterocycles. The summed E-state index contributed by atoms with van der Waals surface area (Å²) in [4.78, 5) is 24.2. The van der Waals surface area contributed by atoms with Crippen LogP contribution in [0.25, 0.3) is 0 Å². The van der Waals surface area contributed by atoms with E-state index in [1.54, 1.807) is 0 Å². The number of hydrogen-bond acceptors (Lipinski definition) is 6. The van der Waals surface area contributed by atoms with Gasteiger partial charge >= 0.3 is 41.5 Å². The number of rotatable bonds is 16. The molecule has 0 aromatic carbocycles. The fourth-order valence-corrected chi connectivity index (χ4v) is 3.08. The van der Waals surface area contributed by atoms with E-state index in [1.165, 1.54) is 0 Å². The van der Waals surface area contributed by atoms with Gasteiger partial charge in [-0.2, -0.15) is 8.42 Å². The molecule has 0 aliphatic heterocycles. The van der Waals surface area contributed by atoms with Gasteiger partial charge in [0, 0.05) is 0 Å². The first-order valence-electron chi connectivity index (χ1n) is 9.99. The molecule has 7 nitrogen and oxygen atoms in total. The predicted octanol–water partition coefficient (Wildman–Crippen LogP) is 3.40. The number of esters is 2. The van der Waals surface area contributed by atoms with E-state index in [0.29, 0.717) is 12.8 Å². The molecule has 0 heterocycles. The normalized spacial score (nSPS) is 13.3. The molecule has 1 N–H and O–H groups in total. The maximum atomic E-state index is 12.2. The summed E-state index contributed by atoms with van der Waals surface area (Å²) in [6, 6.07) is 0. The fourth-order valence-electron chi connectivity index (χ4n) is 2.51. The van der Waals surface area contributed by atoms with Gasteiger partial charge in [0.1, 0.15) is 0 Å². The van der Waals surface area contributed by atoms with Gasteiger partial charge in [-0.05, 0) is 19.8 Å². The van der Waals surface area contributed by atoms with Gasteiger partial charge in [-0.3, -0.25) is 14.1 Å². The molecule has 28 heavy (non-hydrogen) atoms. The maximum absolute atomic E-state index is 12.2. The molecule has 0 saturated heterocycles. The SMILES string of the molecule is CCCCCCCOC(=O)CC(C)(C(=O)OCCCCCCC)S(=O)(=O)O.[NaH]. The summed E-state index contributed by atoms with van der Waals surface area (Å²) in [6.45, 7) is 5.39. The number of carbonyl (C=O) groups excluding carboxylic acids is 2. The van der Waals surface area contributed by atoms with Crippen molar-refractivity contribution in [2.24, 2.45) is 0 Å². The molecular formula is C19H37NaO7S. The van der Waals surface area contributed by atoms with Crippen molar-refractivity contribution in [1.29, 1.82) is 0 Å². The van der Waals surface area contributed by atoms with Gasteiger partial charge in [-0.15, -0.1) is 0 Å². The molecule has 0 saturated carbocycles. The summed E-state index contributed by atoms with van der Waals surface area (Å²) < 4.78 is 40.5. The van der Waals surface area contributed by atoms with Gasteiger partial charge in [-0.25, -0.2) is 0 Å². The van der Waals surface area contributed by atoms with Gasteiger partial charge < -0.3 is 9.47 Å². The Labute approximate surface area is 192 Å². The summed E-state index contributed by atoms with van der Waals surface area (Å²) in [6.07, 6.45) is 8.73. The molecule has 0 rings (SSSR count). The summed E-state index contributed by atoms with van der Waals surface area (Å²) in [7, 11) is -4.83. The molecule has 9 heteroatoms. The molecule has 0 aliphatic rings. The van der Waals surface area contributed by atoms with Crippen LogP contribution in [0.3, 0.4) is 0 Å². The zero-order valence-electron chi connectivity index (χ0n) is 17.0. The minimum atomic E-state index is -4.83. The van der Waals surface area contributed by atoms with E-state index >= 15 is 0 Å². The summed E-state index contributed by atoms with van der Waals surface area (Å²) >= 11 is 0. The van der Waals surface area contributed by atoms with Gasteiger partial charge in [-0.1, -0.05) is 65.2 Å². The van der Waals surface area contributed by atoms with Crippen LogP contribution in [0.2, 0.25) is 0 Å². The van der Waals surface area contributed by atoms with E-state index in [1.807, 2.05) is 0 Å². The van der Waals surface area contributed by atoms with E-state index in [2.05, 4.69) is 13.8 Å². The van der Waals surface area contributed by atoms with Crippen LogP contribution in [0.1, 0.15) is 91.4 Å². The number of ether oxygens (including phenoxy) is 2. The summed E-state index contributed by atoms with van der Waals surface area (Å²) in [5.74, 6) is -1.97.